The van der Waals surface area contributed by atoms with Gasteiger partial charge in [-0.25, -0.2) is 0 Å². The summed E-state index contributed by atoms with van der Waals surface area (Å²) in [7, 11) is 1.39. The number of halogens is 1. The van der Waals surface area contributed by atoms with Gasteiger partial charge in [0.25, 0.3) is 5.91 Å². The molecule has 7 heteroatoms. The molecule has 0 radical (unpaired) electrons. The van der Waals surface area contributed by atoms with E-state index in [0.717, 1.165) is 10.0 Å². The lowest BCUT2D eigenvalue weighted by molar-refractivity contribution is -0.115. The van der Waals surface area contributed by atoms with Gasteiger partial charge in [0.05, 0.1) is 19.2 Å². The van der Waals surface area contributed by atoms with Gasteiger partial charge >= 0.3 is 0 Å². The fourth-order valence-electron chi connectivity index (χ4n) is 2.09. The SMILES string of the molecule is COc1cccc(C(=O)NCC(=O)Nc2ccc(Br)cc2C)c1O. The molecule has 0 saturated heterocycles. The molecule has 2 aromatic rings. The average molecular weight is 393 g/mol. The number of phenolic OH excluding ortho intramolecular Hbond substituents is 1. The van der Waals surface area contributed by atoms with Crippen molar-refractivity contribution in [1.82, 2.24) is 5.32 Å². The van der Waals surface area contributed by atoms with E-state index in [-0.39, 0.29) is 29.5 Å². The summed E-state index contributed by atoms with van der Waals surface area (Å²) in [5.41, 5.74) is 1.61. The predicted octanol–water partition coefficient (Wildman–Crippen LogP) is 2.84. The van der Waals surface area contributed by atoms with E-state index in [1.54, 1.807) is 12.1 Å². The zero-order valence-electron chi connectivity index (χ0n) is 13.2. The normalized spacial score (nSPS) is 10.1. The maximum Gasteiger partial charge on any atom is 0.255 e. The Hall–Kier alpha value is -2.54. The molecule has 0 fully saturated rings. The first-order valence-corrected chi connectivity index (χ1v) is 7.92. The molecule has 126 valence electrons. The predicted molar refractivity (Wildman–Crippen MR) is 94.5 cm³/mol. The number of carbonyl (C=O) groups is 2. The van der Waals surface area contributed by atoms with Crippen molar-refractivity contribution in [2.75, 3.05) is 19.0 Å². The Bertz CT molecular complexity index is 777. The Balaban J connectivity index is 1.97. The van der Waals surface area contributed by atoms with Gasteiger partial charge in [-0.2, -0.15) is 0 Å². The number of benzene rings is 2. The van der Waals surface area contributed by atoms with Gasteiger partial charge in [-0.05, 0) is 42.8 Å². The second-order valence-electron chi connectivity index (χ2n) is 5.05. The molecule has 0 aliphatic rings. The Morgan fingerprint density at radius 2 is 2.00 bits per heavy atom. The number of aryl methyl sites for hydroxylation is 1. The average Bonchev–Trinajstić information content (AvgIpc) is 2.55. The van der Waals surface area contributed by atoms with Gasteiger partial charge in [0, 0.05) is 10.2 Å². The molecule has 0 unspecified atom stereocenters. The van der Waals surface area contributed by atoms with Gasteiger partial charge in [-0.3, -0.25) is 9.59 Å². The topological polar surface area (TPSA) is 87.7 Å². The van der Waals surface area contributed by atoms with Crippen LogP contribution in [0.3, 0.4) is 0 Å². The standard InChI is InChI=1S/C17H17BrN2O4/c1-10-8-11(18)6-7-13(10)20-15(21)9-19-17(23)12-4-3-5-14(24-2)16(12)22/h3-8,22H,9H2,1-2H3,(H,19,23)(H,20,21). The number of amides is 2. The van der Waals surface area contributed by atoms with Crippen molar-refractivity contribution in [1.29, 1.82) is 0 Å². The van der Waals surface area contributed by atoms with Crippen LogP contribution in [0, 0.1) is 6.92 Å². The molecule has 6 nitrogen and oxygen atoms in total. The van der Waals surface area contributed by atoms with Gasteiger partial charge in [0.15, 0.2) is 11.5 Å². The maximum absolute atomic E-state index is 12.1. The van der Waals surface area contributed by atoms with Crippen LogP contribution in [0.4, 0.5) is 5.69 Å². The van der Waals surface area contributed by atoms with E-state index in [1.165, 1.54) is 19.2 Å². The lowest BCUT2D eigenvalue weighted by atomic mass is 10.1. The number of anilines is 1. The van der Waals surface area contributed by atoms with Gasteiger partial charge < -0.3 is 20.5 Å². The molecule has 2 aromatic carbocycles. The minimum atomic E-state index is -0.561. The van der Waals surface area contributed by atoms with Crippen molar-refractivity contribution in [2.45, 2.75) is 6.92 Å². The van der Waals surface area contributed by atoms with Crippen molar-refractivity contribution in [3.8, 4) is 11.5 Å². The number of aromatic hydroxyl groups is 1. The number of phenols is 1. The second kappa shape index (κ2) is 7.83. The summed E-state index contributed by atoms with van der Waals surface area (Å²) in [6, 6.07) is 10.0. The lowest BCUT2D eigenvalue weighted by Gasteiger charge is -2.11. The smallest absolute Gasteiger partial charge is 0.255 e. The third-order valence-corrected chi connectivity index (χ3v) is 3.83. The van der Waals surface area contributed by atoms with Crippen LogP contribution in [-0.2, 0) is 4.79 Å². The van der Waals surface area contributed by atoms with Crippen molar-refractivity contribution in [3.63, 3.8) is 0 Å². The molecule has 24 heavy (non-hydrogen) atoms. The number of rotatable bonds is 5. The van der Waals surface area contributed by atoms with Crippen molar-refractivity contribution in [3.05, 3.63) is 52.0 Å². The minimum absolute atomic E-state index is 0.0435. The Kier molecular flexibility index (Phi) is 5.81. The molecule has 0 saturated carbocycles. The van der Waals surface area contributed by atoms with Gasteiger partial charge in [0.2, 0.25) is 5.91 Å². The van der Waals surface area contributed by atoms with Crippen molar-refractivity contribution >= 4 is 33.4 Å². The highest BCUT2D eigenvalue weighted by Gasteiger charge is 2.15. The monoisotopic (exact) mass is 392 g/mol. The van der Waals surface area contributed by atoms with Crippen LogP contribution in [0.2, 0.25) is 0 Å². The van der Waals surface area contributed by atoms with E-state index >= 15 is 0 Å². The number of carbonyl (C=O) groups excluding carboxylic acids is 2. The number of methoxy groups -OCH3 is 1. The summed E-state index contributed by atoms with van der Waals surface area (Å²) >= 11 is 3.35. The Labute approximate surface area is 148 Å². The van der Waals surface area contributed by atoms with Gasteiger partial charge in [-0.15, -0.1) is 0 Å². The van der Waals surface area contributed by atoms with Crippen LogP contribution in [-0.4, -0.2) is 30.6 Å². The van der Waals surface area contributed by atoms with E-state index in [0.29, 0.717) is 5.69 Å². The first-order chi connectivity index (χ1) is 11.4. The van der Waals surface area contributed by atoms with Crippen molar-refractivity contribution < 1.29 is 19.4 Å². The highest BCUT2D eigenvalue weighted by molar-refractivity contribution is 9.10. The molecule has 0 aliphatic carbocycles. The maximum atomic E-state index is 12.1. The largest absolute Gasteiger partial charge is 0.504 e. The van der Waals surface area contributed by atoms with Crippen LogP contribution < -0.4 is 15.4 Å². The molecule has 0 atom stereocenters. The fraction of sp³-hybridized carbons (Fsp3) is 0.176. The Morgan fingerprint density at radius 1 is 1.25 bits per heavy atom. The van der Waals surface area contributed by atoms with Crippen LogP contribution in [0.15, 0.2) is 40.9 Å². The van der Waals surface area contributed by atoms with E-state index in [4.69, 9.17) is 4.74 Å². The summed E-state index contributed by atoms with van der Waals surface area (Å²) < 4.78 is 5.87. The zero-order chi connectivity index (χ0) is 17.7. The third-order valence-electron chi connectivity index (χ3n) is 3.34. The highest BCUT2D eigenvalue weighted by Crippen LogP contribution is 2.29. The molecular weight excluding hydrogens is 376 g/mol. The quantitative estimate of drug-likeness (QED) is 0.729. The van der Waals surface area contributed by atoms with Crippen LogP contribution in [0.5, 0.6) is 11.5 Å². The fourth-order valence-corrected chi connectivity index (χ4v) is 2.56. The molecule has 2 amide bonds. The van der Waals surface area contributed by atoms with Gasteiger partial charge in [0.1, 0.15) is 0 Å². The van der Waals surface area contributed by atoms with Crippen LogP contribution >= 0.6 is 15.9 Å². The number of ether oxygens (including phenoxy) is 1. The summed E-state index contributed by atoms with van der Waals surface area (Å²) in [6.07, 6.45) is 0. The summed E-state index contributed by atoms with van der Waals surface area (Å²) in [5.74, 6) is -0.996. The van der Waals surface area contributed by atoms with E-state index in [9.17, 15) is 14.7 Å². The highest BCUT2D eigenvalue weighted by atomic mass is 79.9. The van der Waals surface area contributed by atoms with Crippen molar-refractivity contribution in [2.24, 2.45) is 0 Å². The summed E-state index contributed by atoms with van der Waals surface area (Å²) in [5, 5.41) is 15.1. The third kappa shape index (κ3) is 4.26. The molecule has 0 aromatic heterocycles. The number of hydrogen-bond acceptors (Lipinski definition) is 4. The number of nitrogens with one attached hydrogen (secondary N) is 2. The van der Waals surface area contributed by atoms with Gasteiger partial charge in [-0.1, -0.05) is 22.0 Å². The number of para-hydroxylation sites is 1. The molecular formula is C17H17BrN2O4. The summed E-state index contributed by atoms with van der Waals surface area (Å²) in [6.45, 7) is 1.65. The number of hydrogen-bond donors (Lipinski definition) is 3. The molecule has 0 aliphatic heterocycles. The lowest BCUT2D eigenvalue weighted by Crippen LogP contribution is -2.33. The Morgan fingerprint density at radius 3 is 2.67 bits per heavy atom. The van der Waals surface area contributed by atoms with Crippen LogP contribution in [0.25, 0.3) is 0 Å². The first-order valence-electron chi connectivity index (χ1n) is 7.12. The van der Waals surface area contributed by atoms with E-state index in [1.807, 2.05) is 19.1 Å². The molecule has 0 bridgehead atoms. The first kappa shape index (κ1) is 17.8. The molecule has 0 spiro atoms. The van der Waals surface area contributed by atoms with Crippen LogP contribution in [0.1, 0.15) is 15.9 Å². The minimum Gasteiger partial charge on any atom is -0.504 e. The second-order valence-corrected chi connectivity index (χ2v) is 5.96. The van der Waals surface area contributed by atoms with E-state index < -0.39 is 5.91 Å². The zero-order valence-corrected chi connectivity index (χ0v) is 14.8. The molecule has 2 rings (SSSR count). The molecule has 0 heterocycles. The summed E-state index contributed by atoms with van der Waals surface area (Å²) in [4.78, 5) is 24.1. The van der Waals surface area contributed by atoms with E-state index in [2.05, 4.69) is 26.6 Å². The molecule has 3 N–H and O–H groups in total.